The van der Waals surface area contributed by atoms with E-state index in [1.165, 1.54) is 33.5 Å². The maximum Gasteiger partial charge on any atom is 0.289 e. The van der Waals surface area contributed by atoms with Crippen LogP contribution in [-0.4, -0.2) is 49.7 Å². The van der Waals surface area contributed by atoms with E-state index in [1.54, 1.807) is 36.4 Å². The second-order valence-electron chi connectivity index (χ2n) is 6.98. The Kier molecular flexibility index (Phi) is 5.59. The number of amides is 1. The summed E-state index contributed by atoms with van der Waals surface area (Å²) < 4.78 is 45.9. The van der Waals surface area contributed by atoms with Crippen molar-refractivity contribution in [2.24, 2.45) is 0 Å². The second kappa shape index (κ2) is 8.34. The van der Waals surface area contributed by atoms with Crippen molar-refractivity contribution in [3.8, 4) is 17.4 Å². The fraction of sp³-hybridized carbons (Fsp3) is 0.182. The van der Waals surface area contributed by atoms with Gasteiger partial charge in [0.25, 0.3) is 5.91 Å². The topological polar surface area (TPSA) is 94.6 Å². The van der Waals surface area contributed by atoms with E-state index in [4.69, 9.17) is 4.42 Å². The number of rotatable bonds is 4. The van der Waals surface area contributed by atoms with E-state index >= 15 is 0 Å². The van der Waals surface area contributed by atoms with Gasteiger partial charge < -0.3 is 9.32 Å². The SMILES string of the molecule is N#Cc1ccccc1S(=O)(=O)N1CCN(C(=O)c2ccc(-c3ccc(F)cc3)o2)CC1. The molecule has 0 radical (unpaired) electrons. The predicted molar refractivity (Wildman–Crippen MR) is 110 cm³/mol. The fourth-order valence-electron chi connectivity index (χ4n) is 3.43. The molecule has 0 saturated carbocycles. The average Bonchev–Trinajstić information content (AvgIpc) is 3.29. The molecule has 9 heteroatoms. The Hall–Kier alpha value is -3.48. The van der Waals surface area contributed by atoms with Gasteiger partial charge in [-0.15, -0.1) is 0 Å². The molecular formula is C22H18FN3O4S. The first kappa shape index (κ1) is 20.8. The predicted octanol–water partition coefficient (Wildman–Crippen LogP) is 3.10. The Morgan fingerprint density at radius 3 is 2.32 bits per heavy atom. The molecular weight excluding hydrogens is 421 g/mol. The number of hydrogen-bond donors (Lipinski definition) is 0. The van der Waals surface area contributed by atoms with Crippen LogP contribution in [0, 0.1) is 17.1 Å². The number of nitriles is 1. The van der Waals surface area contributed by atoms with E-state index in [1.807, 2.05) is 6.07 Å². The minimum absolute atomic E-state index is 0.0350. The van der Waals surface area contributed by atoms with E-state index in [9.17, 15) is 22.9 Å². The van der Waals surface area contributed by atoms with E-state index < -0.39 is 10.0 Å². The maximum atomic E-state index is 13.1. The highest BCUT2D eigenvalue weighted by Crippen LogP contribution is 2.25. The molecule has 7 nitrogen and oxygen atoms in total. The smallest absolute Gasteiger partial charge is 0.289 e. The molecule has 0 spiro atoms. The molecule has 1 aliphatic rings. The third-order valence-electron chi connectivity index (χ3n) is 5.10. The number of sulfonamides is 1. The van der Waals surface area contributed by atoms with Gasteiger partial charge in [-0.1, -0.05) is 12.1 Å². The number of furan rings is 1. The van der Waals surface area contributed by atoms with E-state index in [-0.39, 0.29) is 54.1 Å². The summed E-state index contributed by atoms with van der Waals surface area (Å²) in [4.78, 5) is 14.3. The van der Waals surface area contributed by atoms with Crippen LogP contribution in [0.4, 0.5) is 4.39 Å². The van der Waals surface area contributed by atoms with Crippen molar-refractivity contribution in [3.05, 3.63) is 77.8 Å². The highest BCUT2D eigenvalue weighted by molar-refractivity contribution is 7.89. The molecule has 1 aromatic heterocycles. The van der Waals surface area contributed by atoms with Crippen LogP contribution < -0.4 is 0 Å². The van der Waals surface area contributed by atoms with Gasteiger partial charge >= 0.3 is 0 Å². The Bertz CT molecular complexity index is 1250. The van der Waals surface area contributed by atoms with Crippen LogP contribution in [0.2, 0.25) is 0 Å². The first-order valence-electron chi connectivity index (χ1n) is 9.54. The summed E-state index contributed by atoms with van der Waals surface area (Å²) in [7, 11) is -3.84. The molecule has 158 valence electrons. The first-order chi connectivity index (χ1) is 14.9. The lowest BCUT2D eigenvalue weighted by Crippen LogP contribution is -2.50. The fourth-order valence-corrected chi connectivity index (χ4v) is 5.00. The Balaban J connectivity index is 1.45. The van der Waals surface area contributed by atoms with Crippen molar-refractivity contribution in [1.29, 1.82) is 5.26 Å². The largest absolute Gasteiger partial charge is 0.451 e. The summed E-state index contributed by atoms with van der Waals surface area (Å²) in [6, 6.07) is 16.9. The number of nitrogens with zero attached hydrogens (tertiary/aromatic N) is 3. The van der Waals surface area contributed by atoms with Gasteiger partial charge in [0.2, 0.25) is 10.0 Å². The zero-order chi connectivity index (χ0) is 22.0. The molecule has 2 aromatic carbocycles. The van der Waals surface area contributed by atoms with Crippen molar-refractivity contribution >= 4 is 15.9 Å². The van der Waals surface area contributed by atoms with Gasteiger partial charge in [-0.3, -0.25) is 4.79 Å². The summed E-state index contributed by atoms with van der Waals surface area (Å²) in [5.41, 5.74) is 0.734. The average molecular weight is 439 g/mol. The number of benzene rings is 2. The molecule has 1 aliphatic heterocycles. The summed E-state index contributed by atoms with van der Waals surface area (Å²) >= 11 is 0. The van der Waals surface area contributed by atoms with E-state index in [2.05, 4.69) is 0 Å². The lowest BCUT2D eigenvalue weighted by molar-refractivity contribution is 0.0667. The molecule has 0 atom stereocenters. The quantitative estimate of drug-likeness (QED) is 0.623. The zero-order valence-corrected chi connectivity index (χ0v) is 17.2. The molecule has 0 N–H and O–H groups in total. The van der Waals surface area contributed by atoms with Gasteiger partial charge in [0.1, 0.15) is 17.6 Å². The lowest BCUT2D eigenvalue weighted by atomic mass is 10.2. The summed E-state index contributed by atoms with van der Waals surface area (Å²) in [5.74, 6) is -0.136. The van der Waals surface area contributed by atoms with Crippen molar-refractivity contribution in [2.75, 3.05) is 26.2 Å². The normalized spacial score (nSPS) is 14.9. The maximum absolute atomic E-state index is 13.1. The van der Waals surface area contributed by atoms with Crippen LogP contribution in [-0.2, 0) is 10.0 Å². The molecule has 1 saturated heterocycles. The van der Waals surface area contributed by atoms with Gasteiger partial charge in [0.05, 0.1) is 10.5 Å². The zero-order valence-electron chi connectivity index (χ0n) is 16.4. The molecule has 0 bridgehead atoms. The Labute approximate surface area is 179 Å². The number of carbonyl (C=O) groups is 1. The van der Waals surface area contributed by atoms with E-state index in [0.29, 0.717) is 11.3 Å². The molecule has 3 aromatic rings. The molecule has 0 aliphatic carbocycles. The molecule has 2 heterocycles. The highest BCUT2D eigenvalue weighted by Gasteiger charge is 2.32. The van der Waals surface area contributed by atoms with Crippen LogP contribution in [0.5, 0.6) is 0 Å². The first-order valence-corrected chi connectivity index (χ1v) is 11.0. The van der Waals surface area contributed by atoms with E-state index in [0.717, 1.165) is 0 Å². The van der Waals surface area contributed by atoms with Crippen LogP contribution in [0.1, 0.15) is 16.1 Å². The van der Waals surface area contributed by atoms with Gasteiger partial charge in [0, 0.05) is 31.7 Å². The van der Waals surface area contributed by atoms with Gasteiger partial charge in [0.15, 0.2) is 5.76 Å². The molecule has 4 rings (SSSR count). The number of halogens is 1. The van der Waals surface area contributed by atoms with Crippen molar-refractivity contribution in [1.82, 2.24) is 9.21 Å². The Morgan fingerprint density at radius 1 is 0.968 bits per heavy atom. The third-order valence-corrected chi connectivity index (χ3v) is 7.05. The summed E-state index contributed by atoms with van der Waals surface area (Å²) in [6.07, 6.45) is 0. The van der Waals surface area contributed by atoms with Gasteiger partial charge in [-0.05, 0) is 48.5 Å². The van der Waals surface area contributed by atoms with Crippen molar-refractivity contribution in [3.63, 3.8) is 0 Å². The minimum atomic E-state index is -3.84. The third kappa shape index (κ3) is 4.08. The molecule has 0 unspecified atom stereocenters. The van der Waals surface area contributed by atoms with Gasteiger partial charge in [-0.25, -0.2) is 12.8 Å². The lowest BCUT2D eigenvalue weighted by Gasteiger charge is -2.33. The van der Waals surface area contributed by atoms with Crippen LogP contribution in [0.25, 0.3) is 11.3 Å². The van der Waals surface area contributed by atoms with Crippen molar-refractivity contribution < 1.29 is 22.0 Å². The molecule has 1 fully saturated rings. The van der Waals surface area contributed by atoms with Crippen LogP contribution in [0.15, 0.2) is 70.0 Å². The number of hydrogen-bond acceptors (Lipinski definition) is 5. The number of carbonyl (C=O) groups excluding carboxylic acids is 1. The second-order valence-corrected chi connectivity index (χ2v) is 8.88. The number of piperazine rings is 1. The minimum Gasteiger partial charge on any atom is -0.451 e. The standard InChI is InChI=1S/C22H18FN3O4S/c23-18-7-5-16(6-8-18)19-9-10-20(30-19)22(27)25-11-13-26(14-12-25)31(28,29)21-4-2-1-3-17(21)15-24/h1-10H,11-14H2. The van der Waals surface area contributed by atoms with Gasteiger partial charge in [-0.2, -0.15) is 9.57 Å². The Morgan fingerprint density at radius 2 is 1.65 bits per heavy atom. The van der Waals surface area contributed by atoms with Crippen LogP contribution in [0.3, 0.4) is 0 Å². The summed E-state index contributed by atoms with van der Waals surface area (Å²) in [6.45, 7) is 0.609. The molecule has 31 heavy (non-hydrogen) atoms. The van der Waals surface area contributed by atoms with Crippen molar-refractivity contribution in [2.45, 2.75) is 4.90 Å². The summed E-state index contributed by atoms with van der Waals surface area (Å²) in [5, 5.41) is 9.20. The molecule has 1 amide bonds. The highest BCUT2D eigenvalue weighted by atomic mass is 32.2. The van der Waals surface area contributed by atoms with Crippen LogP contribution >= 0.6 is 0 Å². The monoisotopic (exact) mass is 439 g/mol.